The molecule has 0 aromatic rings. The van der Waals surface area contributed by atoms with Crippen molar-refractivity contribution < 1.29 is 13.3 Å². The summed E-state index contributed by atoms with van der Waals surface area (Å²) in [5.74, 6) is 0. The smallest absolute Gasteiger partial charge is 0.374 e. The van der Waals surface area contributed by atoms with E-state index in [4.69, 9.17) is 19.0 Å². The van der Waals surface area contributed by atoms with Crippen LogP contribution in [-0.2, 0) is 13.3 Å². The van der Waals surface area contributed by atoms with Crippen molar-refractivity contribution in [3.05, 3.63) is 0 Å². The van der Waals surface area contributed by atoms with Gasteiger partial charge in [-0.25, -0.2) is 0 Å². The zero-order chi connectivity index (χ0) is 6.32. The topological polar surface area (TPSA) is 53.7 Å². The largest absolute Gasteiger partial charge is 0.484 e. The fourth-order valence-corrected chi connectivity index (χ4v) is 2.66. The number of hydrogen-bond acceptors (Lipinski definition) is 4. The average Bonchev–Trinajstić information content (AvgIpc) is 1.90. The predicted octanol–water partition coefficient (Wildman–Crippen LogP) is -1.52. The lowest BCUT2D eigenvalue weighted by molar-refractivity contribution is -0.0698. The van der Waals surface area contributed by atoms with Gasteiger partial charge in [0.25, 0.3) is 0 Å². The van der Waals surface area contributed by atoms with E-state index in [1.165, 1.54) is 0 Å². The molecule has 0 unspecified atom stereocenters. The van der Waals surface area contributed by atoms with Crippen molar-refractivity contribution in [3.8, 4) is 0 Å². The van der Waals surface area contributed by atoms with Gasteiger partial charge in [0.15, 0.2) is 0 Å². The van der Waals surface area contributed by atoms with Crippen LogP contribution in [0.25, 0.3) is 0 Å². The Labute approximate surface area is 54.9 Å². The van der Waals surface area contributed by atoms with Gasteiger partial charge in [-0.1, -0.05) is 0 Å². The van der Waals surface area contributed by atoms with Gasteiger partial charge in [-0.15, -0.1) is 0 Å². The molecule has 4 nitrogen and oxygen atoms in total. The number of fused-ring (bicyclic) bond motifs is 3. The maximum atomic E-state index is 5.74. The molecule has 3 rings (SSSR count). The first kappa shape index (κ1) is 5.81. The van der Waals surface area contributed by atoms with Crippen molar-refractivity contribution in [2.75, 3.05) is 19.8 Å². The normalized spacial score (nSPS) is 49.7. The Bertz CT molecular complexity index is 109. The van der Waals surface area contributed by atoms with Crippen molar-refractivity contribution in [2.24, 2.45) is 5.73 Å². The second-order valence-corrected chi connectivity index (χ2v) is 4.16. The number of nitrogens with two attached hydrogens (primary N) is 1. The molecule has 0 saturated carbocycles. The van der Waals surface area contributed by atoms with Gasteiger partial charge in [0.05, 0.1) is 25.4 Å². The summed E-state index contributed by atoms with van der Waals surface area (Å²) in [5, 5.41) is 0. The minimum Gasteiger partial charge on any atom is -0.374 e. The van der Waals surface area contributed by atoms with E-state index in [-0.39, 0.29) is 5.54 Å². The van der Waals surface area contributed by atoms with E-state index < -0.39 is 9.53 Å². The van der Waals surface area contributed by atoms with E-state index in [1.54, 1.807) is 0 Å². The summed E-state index contributed by atoms with van der Waals surface area (Å²) in [4.78, 5) is 0. The third-order valence-electron chi connectivity index (χ3n) is 1.52. The van der Waals surface area contributed by atoms with Crippen molar-refractivity contribution in [1.29, 1.82) is 0 Å². The second kappa shape index (κ2) is 1.77. The highest BCUT2D eigenvalue weighted by atomic mass is 28.3. The van der Waals surface area contributed by atoms with Gasteiger partial charge in [-0.2, -0.15) is 0 Å². The van der Waals surface area contributed by atoms with E-state index in [0.29, 0.717) is 19.8 Å². The molecular formula is C4H9NO3Si. The standard InChI is InChI=1S/C4H9NO3Si/c5-4-1-6-9(7-2-4)8-3-4/h9H,1-3,5H2. The van der Waals surface area contributed by atoms with Crippen LogP contribution in [0.3, 0.4) is 0 Å². The van der Waals surface area contributed by atoms with Crippen LogP contribution in [0.15, 0.2) is 0 Å². The van der Waals surface area contributed by atoms with Crippen molar-refractivity contribution >= 4 is 9.53 Å². The van der Waals surface area contributed by atoms with Gasteiger partial charge in [-0.3, -0.25) is 0 Å². The molecule has 3 saturated heterocycles. The van der Waals surface area contributed by atoms with Gasteiger partial charge in [-0.05, 0) is 0 Å². The summed E-state index contributed by atoms with van der Waals surface area (Å²) < 4.78 is 15.4. The third-order valence-corrected chi connectivity index (χ3v) is 2.84. The SMILES string of the molecule is NC12CO[SiH](OC1)OC2. The Morgan fingerprint density at radius 1 is 1.11 bits per heavy atom. The zero-order valence-corrected chi connectivity index (χ0v) is 6.16. The minimum absolute atomic E-state index is 0.345. The maximum Gasteiger partial charge on any atom is 0.484 e. The Hall–Kier alpha value is 0.0569. The Kier molecular flexibility index (Phi) is 1.14. The van der Waals surface area contributed by atoms with Crippen molar-refractivity contribution in [3.63, 3.8) is 0 Å². The first-order valence-electron chi connectivity index (χ1n) is 2.92. The summed E-state index contributed by atoms with van der Waals surface area (Å²) in [6.07, 6.45) is 0. The highest BCUT2D eigenvalue weighted by Crippen LogP contribution is 2.18. The molecule has 0 aromatic carbocycles. The minimum atomic E-state index is -1.66. The van der Waals surface area contributed by atoms with Crippen molar-refractivity contribution in [1.82, 2.24) is 0 Å². The Morgan fingerprint density at radius 2 is 1.56 bits per heavy atom. The molecule has 3 aliphatic rings. The van der Waals surface area contributed by atoms with Crippen LogP contribution in [0.2, 0.25) is 0 Å². The monoisotopic (exact) mass is 147 g/mol. The molecule has 9 heavy (non-hydrogen) atoms. The first-order chi connectivity index (χ1) is 4.29. The second-order valence-electron chi connectivity index (χ2n) is 2.58. The first-order valence-corrected chi connectivity index (χ1v) is 4.34. The van der Waals surface area contributed by atoms with Gasteiger partial charge in [0.2, 0.25) is 0 Å². The lowest BCUT2D eigenvalue weighted by Crippen LogP contribution is -2.64. The predicted molar refractivity (Wildman–Crippen MR) is 31.9 cm³/mol. The van der Waals surface area contributed by atoms with Crippen LogP contribution in [0, 0.1) is 0 Å². The molecule has 2 bridgehead atoms. The van der Waals surface area contributed by atoms with Crippen molar-refractivity contribution in [2.45, 2.75) is 5.54 Å². The van der Waals surface area contributed by atoms with E-state index >= 15 is 0 Å². The summed E-state index contributed by atoms with van der Waals surface area (Å²) in [6.45, 7) is 1.84. The zero-order valence-electron chi connectivity index (χ0n) is 5.00. The quantitative estimate of drug-likeness (QED) is 0.423. The molecule has 3 heterocycles. The molecule has 0 aromatic heterocycles. The lowest BCUT2D eigenvalue weighted by atomic mass is 10.1. The summed E-state index contributed by atoms with van der Waals surface area (Å²) in [5.41, 5.74) is 5.40. The molecule has 0 aliphatic carbocycles. The molecular weight excluding hydrogens is 138 g/mol. The van der Waals surface area contributed by atoms with E-state index in [2.05, 4.69) is 0 Å². The fraction of sp³-hybridized carbons (Fsp3) is 1.00. The summed E-state index contributed by atoms with van der Waals surface area (Å²) >= 11 is 0. The summed E-state index contributed by atoms with van der Waals surface area (Å²) in [7, 11) is -1.66. The van der Waals surface area contributed by atoms with E-state index in [9.17, 15) is 0 Å². The summed E-state index contributed by atoms with van der Waals surface area (Å²) in [6, 6.07) is 0. The molecule has 0 atom stereocenters. The third kappa shape index (κ3) is 0.907. The fourth-order valence-electron chi connectivity index (χ4n) is 0.971. The van der Waals surface area contributed by atoms with Gasteiger partial charge < -0.3 is 19.0 Å². The lowest BCUT2D eigenvalue weighted by Gasteiger charge is -2.41. The Morgan fingerprint density at radius 3 is 1.78 bits per heavy atom. The highest BCUT2D eigenvalue weighted by Gasteiger charge is 2.41. The molecule has 5 heteroatoms. The molecule has 3 aliphatic heterocycles. The molecule has 0 spiro atoms. The van der Waals surface area contributed by atoms with E-state index in [0.717, 1.165) is 0 Å². The van der Waals surface area contributed by atoms with Crippen LogP contribution in [0.5, 0.6) is 0 Å². The van der Waals surface area contributed by atoms with E-state index in [1.807, 2.05) is 0 Å². The van der Waals surface area contributed by atoms with Gasteiger partial charge in [0, 0.05) is 0 Å². The number of rotatable bonds is 0. The average molecular weight is 147 g/mol. The molecule has 0 amide bonds. The molecule has 52 valence electrons. The van der Waals surface area contributed by atoms with Crippen LogP contribution in [0.4, 0.5) is 0 Å². The Balaban J connectivity index is 2.11. The van der Waals surface area contributed by atoms with Gasteiger partial charge in [0.1, 0.15) is 0 Å². The van der Waals surface area contributed by atoms with Crippen LogP contribution in [-0.4, -0.2) is 34.9 Å². The molecule has 0 radical (unpaired) electrons. The van der Waals surface area contributed by atoms with Gasteiger partial charge >= 0.3 is 9.53 Å². The highest BCUT2D eigenvalue weighted by molar-refractivity contribution is 6.37. The maximum absolute atomic E-state index is 5.74. The van der Waals surface area contributed by atoms with Crippen LogP contribution in [0.1, 0.15) is 0 Å². The molecule has 2 N–H and O–H groups in total. The molecule has 3 fully saturated rings. The number of hydrogen-bond donors (Lipinski definition) is 1. The van der Waals surface area contributed by atoms with Crippen LogP contribution < -0.4 is 5.73 Å². The van der Waals surface area contributed by atoms with Crippen LogP contribution >= 0.6 is 0 Å².